The van der Waals surface area contributed by atoms with Gasteiger partial charge in [0.1, 0.15) is 0 Å². The highest BCUT2D eigenvalue weighted by atomic mass is 16.4. The van der Waals surface area contributed by atoms with Crippen molar-refractivity contribution in [3.63, 3.8) is 0 Å². The maximum Gasteiger partial charge on any atom is 0.317 e. The third-order valence-electron chi connectivity index (χ3n) is 4.76. The molecule has 0 aromatic rings. The standard InChI is InChI=1S/C15H27N3O3/c1-17-8-7-11(9-17)10-18(2)15(21)16-13-6-4-3-5-12(13)14(19)20/h11-13H,3-10H2,1-2H3,(H,16,21)(H,19,20). The number of amides is 2. The van der Waals surface area contributed by atoms with Crippen LogP contribution in [0.2, 0.25) is 0 Å². The first-order chi connectivity index (χ1) is 9.97. The molecule has 2 amide bonds. The lowest BCUT2D eigenvalue weighted by Gasteiger charge is -2.31. The van der Waals surface area contributed by atoms with Gasteiger partial charge in [-0.05, 0) is 38.8 Å². The van der Waals surface area contributed by atoms with Crippen LogP contribution in [-0.2, 0) is 4.79 Å². The number of carboxylic acids is 1. The van der Waals surface area contributed by atoms with Crippen LogP contribution in [0.3, 0.4) is 0 Å². The topological polar surface area (TPSA) is 72.9 Å². The number of hydrogen-bond donors (Lipinski definition) is 2. The lowest BCUT2D eigenvalue weighted by molar-refractivity contribution is -0.143. The summed E-state index contributed by atoms with van der Waals surface area (Å²) in [7, 11) is 3.89. The highest BCUT2D eigenvalue weighted by Crippen LogP contribution is 2.25. The van der Waals surface area contributed by atoms with Gasteiger partial charge in [0.05, 0.1) is 5.92 Å². The number of carbonyl (C=O) groups excluding carboxylic acids is 1. The second kappa shape index (κ2) is 7.11. The maximum absolute atomic E-state index is 12.3. The van der Waals surface area contributed by atoms with E-state index in [0.717, 1.165) is 45.3 Å². The molecule has 2 aliphatic rings. The molecule has 2 N–H and O–H groups in total. The first kappa shape index (κ1) is 16.1. The normalized spacial score (nSPS) is 30.1. The summed E-state index contributed by atoms with van der Waals surface area (Å²) in [4.78, 5) is 27.5. The minimum absolute atomic E-state index is 0.136. The van der Waals surface area contributed by atoms with Crippen LogP contribution in [0.4, 0.5) is 4.79 Å². The van der Waals surface area contributed by atoms with E-state index in [4.69, 9.17) is 0 Å². The second-order valence-electron chi connectivity index (χ2n) is 6.58. The Kier molecular flexibility index (Phi) is 5.45. The minimum atomic E-state index is -0.792. The Balaban J connectivity index is 1.83. The summed E-state index contributed by atoms with van der Waals surface area (Å²) in [5.74, 6) is -0.707. The van der Waals surface area contributed by atoms with E-state index in [9.17, 15) is 14.7 Å². The van der Waals surface area contributed by atoms with Gasteiger partial charge in [-0.1, -0.05) is 12.8 Å². The second-order valence-corrected chi connectivity index (χ2v) is 6.58. The number of aliphatic carboxylic acids is 1. The summed E-state index contributed by atoms with van der Waals surface area (Å²) in [5, 5.41) is 12.2. The molecule has 2 fully saturated rings. The summed E-state index contributed by atoms with van der Waals surface area (Å²) in [5.41, 5.74) is 0. The van der Waals surface area contributed by atoms with Crippen LogP contribution in [0.5, 0.6) is 0 Å². The van der Waals surface area contributed by atoms with Gasteiger partial charge in [-0.2, -0.15) is 0 Å². The fourth-order valence-corrected chi connectivity index (χ4v) is 3.51. The van der Waals surface area contributed by atoms with Crippen molar-refractivity contribution in [1.82, 2.24) is 15.1 Å². The van der Waals surface area contributed by atoms with Crippen molar-refractivity contribution in [2.75, 3.05) is 33.7 Å². The van der Waals surface area contributed by atoms with E-state index in [1.807, 2.05) is 0 Å². The van der Waals surface area contributed by atoms with Crippen molar-refractivity contribution in [3.05, 3.63) is 0 Å². The number of urea groups is 1. The Bertz CT molecular complexity index is 388. The lowest BCUT2D eigenvalue weighted by atomic mass is 9.84. The third kappa shape index (κ3) is 4.33. The van der Waals surface area contributed by atoms with Gasteiger partial charge in [0.15, 0.2) is 0 Å². The molecule has 1 heterocycles. The molecule has 6 heteroatoms. The van der Waals surface area contributed by atoms with Gasteiger partial charge >= 0.3 is 12.0 Å². The van der Waals surface area contributed by atoms with Crippen LogP contribution in [0.25, 0.3) is 0 Å². The van der Waals surface area contributed by atoms with Gasteiger partial charge in [0.25, 0.3) is 0 Å². The Morgan fingerprint density at radius 1 is 1.29 bits per heavy atom. The average Bonchev–Trinajstić information content (AvgIpc) is 2.84. The van der Waals surface area contributed by atoms with E-state index in [0.29, 0.717) is 12.3 Å². The molecule has 0 radical (unpaired) electrons. The van der Waals surface area contributed by atoms with Gasteiger partial charge < -0.3 is 20.2 Å². The van der Waals surface area contributed by atoms with Gasteiger partial charge in [-0.15, -0.1) is 0 Å². The fourth-order valence-electron chi connectivity index (χ4n) is 3.51. The van der Waals surface area contributed by atoms with E-state index in [1.54, 1.807) is 11.9 Å². The van der Waals surface area contributed by atoms with Gasteiger partial charge in [-0.25, -0.2) is 4.79 Å². The molecular formula is C15H27N3O3. The molecular weight excluding hydrogens is 270 g/mol. The molecule has 6 nitrogen and oxygen atoms in total. The van der Waals surface area contributed by atoms with E-state index >= 15 is 0 Å². The molecule has 3 unspecified atom stereocenters. The Morgan fingerprint density at radius 2 is 2.00 bits per heavy atom. The number of nitrogens with zero attached hydrogens (tertiary/aromatic N) is 2. The van der Waals surface area contributed by atoms with E-state index in [1.165, 1.54) is 0 Å². The summed E-state index contributed by atoms with van der Waals surface area (Å²) < 4.78 is 0. The number of carboxylic acid groups (broad SMARTS) is 1. The number of likely N-dealkylation sites (tertiary alicyclic amines) is 1. The molecule has 2 rings (SSSR count). The number of rotatable bonds is 4. The molecule has 1 aliphatic heterocycles. The summed E-state index contributed by atoms with van der Waals surface area (Å²) >= 11 is 0. The van der Waals surface area contributed by atoms with Crippen LogP contribution in [0, 0.1) is 11.8 Å². The molecule has 0 bridgehead atoms. The first-order valence-corrected chi connectivity index (χ1v) is 7.90. The lowest BCUT2D eigenvalue weighted by Crippen LogP contribution is -2.50. The monoisotopic (exact) mass is 297 g/mol. The van der Waals surface area contributed by atoms with Crippen LogP contribution in [-0.4, -0.2) is 66.7 Å². The maximum atomic E-state index is 12.3. The Labute approximate surface area is 126 Å². The molecule has 0 aromatic heterocycles. The van der Waals surface area contributed by atoms with E-state index in [2.05, 4.69) is 17.3 Å². The average molecular weight is 297 g/mol. The highest BCUT2D eigenvalue weighted by Gasteiger charge is 2.32. The molecule has 0 aromatic carbocycles. The molecule has 1 saturated heterocycles. The predicted molar refractivity (Wildman–Crippen MR) is 80.1 cm³/mol. The predicted octanol–water partition coefficient (Wildman–Crippen LogP) is 1.22. The SMILES string of the molecule is CN1CCC(CN(C)C(=O)NC2CCCCC2C(=O)O)C1. The first-order valence-electron chi connectivity index (χ1n) is 7.90. The fraction of sp³-hybridized carbons (Fsp3) is 0.867. The highest BCUT2D eigenvalue weighted by molar-refractivity contribution is 5.76. The Morgan fingerprint density at radius 3 is 2.62 bits per heavy atom. The summed E-state index contributed by atoms with van der Waals surface area (Å²) in [6, 6.07) is -0.361. The summed E-state index contributed by atoms with van der Waals surface area (Å²) in [6.07, 6.45) is 4.48. The largest absolute Gasteiger partial charge is 0.481 e. The zero-order valence-electron chi connectivity index (χ0n) is 13.0. The molecule has 1 saturated carbocycles. The van der Waals surface area contributed by atoms with Crippen LogP contribution in [0.15, 0.2) is 0 Å². The van der Waals surface area contributed by atoms with Gasteiger partial charge in [0.2, 0.25) is 0 Å². The van der Waals surface area contributed by atoms with E-state index in [-0.39, 0.29) is 12.1 Å². The van der Waals surface area contributed by atoms with Gasteiger partial charge in [0, 0.05) is 26.2 Å². The molecule has 0 spiro atoms. The smallest absolute Gasteiger partial charge is 0.317 e. The van der Waals surface area contributed by atoms with Crippen LogP contribution < -0.4 is 5.32 Å². The van der Waals surface area contributed by atoms with Gasteiger partial charge in [-0.3, -0.25) is 4.79 Å². The van der Waals surface area contributed by atoms with Crippen molar-refractivity contribution in [2.45, 2.75) is 38.1 Å². The number of carbonyl (C=O) groups is 2. The number of hydrogen-bond acceptors (Lipinski definition) is 3. The van der Waals surface area contributed by atoms with Crippen LogP contribution in [0.1, 0.15) is 32.1 Å². The van der Waals surface area contributed by atoms with Crippen molar-refractivity contribution in [3.8, 4) is 0 Å². The minimum Gasteiger partial charge on any atom is -0.481 e. The van der Waals surface area contributed by atoms with Crippen molar-refractivity contribution >= 4 is 12.0 Å². The van der Waals surface area contributed by atoms with Crippen molar-refractivity contribution < 1.29 is 14.7 Å². The number of nitrogens with one attached hydrogen (secondary N) is 1. The molecule has 1 aliphatic carbocycles. The Hall–Kier alpha value is -1.30. The summed E-state index contributed by atoms with van der Waals surface area (Å²) in [6.45, 7) is 2.85. The molecule has 3 atom stereocenters. The quantitative estimate of drug-likeness (QED) is 0.818. The molecule has 120 valence electrons. The van der Waals surface area contributed by atoms with Crippen LogP contribution >= 0.6 is 0 Å². The zero-order chi connectivity index (χ0) is 15.4. The van der Waals surface area contributed by atoms with E-state index < -0.39 is 11.9 Å². The third-order valence-corrected chi connectivity index (χ3v) is 4.76. The van der Waals surface area contributed by atoms with Crippen molar-refractivity contribution in [1.29, 1.82) is 0 Å². The van der Waals surface area contributed by atoms with Crippen molar-refractivity contribution in [2.24, 2.45) is 11.8 Å². The zero-order valence-corrected chi connectivity index (χ0v) is 13.0. The molecule has 21 heavy (non-hydrogen) atoms.